The van der Waals surface area contributed by atoms with Crippen LogP contribution in [-0.2, 0) is 14.8 Å². The molecular weight excluding hydrogens is 388 g/mol. The predicted octanol–water partition coefficient (Wildman–Crippen LogP) is 3.86. The fourth-order valence-electron chi connectivity index (χ4n) is 3.51. The second-order valence-electron chi connectivity index (χ2n) is 7.59. The molecule has 1 amide bonds. The van der Waals surface area contributed by atoms with Crippen LogP contribution in [0.25, 0.3) is 0 Å². The van der Waals surface area contributed by atoms with E-state index in [0.717, 1.165) is 5.56 Å². The van der Waals surface area contributed by atoms with E-state index in [9.17, 15) is 13.2 Å². The Morgan fingerprint density at radius 1 is 1.07 bits per heavy atom. The van der Waals surface area contributed by atoms with Crippen LogP contribution in [-0.4, -0.2) is 38.8 Å². The van der Waals surface area contributed by atoms with E-state index in [2.05, 4.69) is 19.2 Å². The number of carbonyl (C=O) groups excluding carboxylic acids is 1. The number of hydrogen-bond acceptors (Lipinski definition) is 4. The number of carbonyl (C=O) groups is 1. The summed E-state index contributed by atoms with van der Waals surface area (Å²) in [7, 11) is -1.98. The number of nitrogens with one attached hydrogen (secondary N) is 1. The second-order valence-corrected chi connectivity index (χ2v) is 9.53. The van der Waals surface area contributed by atoms with E-state index in [1.54, 1.807) is 31.4 Å². The standard InChI is InChI=1S/C22H28N2O4S/c1-16(2)17-8-10-19(11-9-17)29(26,27)24-14-12-18(13-15-24)22(25)23-20-6-4-5-7-21(20)28-3/h4-11,16,18H,12-15H2,1-3H3,(H,23,25). The lowest BCUT2D eigenvalue weighted by Crippen LogP contribution is -2.41. The summed E-state index contributed by atoms with van der Waals surface area (Å²) in [6.45, 7) is 4.81. The molecule has 1 saturated heterocycles. The average molecular weight is 417 g/mol. The Hall–Kier alpha value is -2.38. The summed E-state index contributed by atoms with van der Waals surface area (Å²) >= 11 is 0. The summed E-state index contributed by atoms with van der Waals surface area (Å²) in [5.41, 5.74) is 1.73. The molecule has 29 heavy (non-hydrogen) atoms. The molecule has 0 saturated carbocycles. The molecule has 0 aromatic heterocycles. The van der Waals surface area contributed by atoms with Crippen molar-refractivity contribution in [3.8, 4) is 5.75 Å². The number of para-hydroxylation sites is 2. The molecule has 0 aliphatic carbocycles. The Bertz CT molecular complexity index is 947. The first-order valence-corrected chi connectivity index (χ1v) is 11.3. The molecule has 1 aliphatic heterocycles. The molecule has 2 aromatic carbocycles. The largest absolute Gasteiger partial charge is 0.495 e. The predicted molar refractivity (Wildman–Crippen MR) is 114 cm³/mol. The lowest BCUT2D eigenvalue weighted by atomic mass is 9.97. The Labute approximate surface area is 172 Å². The second kappa shape index (κ2) is 8.97. The normalized spacial score (nSPS) is 16.0. The van der Waals surface area contributed by atoms with Crippen molar-refractivity contribution in [1.82, 2.24) is 4.31 Å². The van der Waals surface area contributed by atoms with Crippen LogP contribution in [0.1, 0.15) is 38.2 Å². The van der Waals surface area contributed by atoms with Crippen molar-refractivity contribution in [1.29, 1.82) is 0 Å². The molecule has 0 spiro atoms. The van der Waals surface area contributed by atoms with Gasteiger partial charge in [-0.05, 0) is 48.6 Å². The van der Waals surface area contributed by atoms with Crippen molar-refractivity contribution in [2.75, 3.05) is 25.5 Å². The fraction of sp³-hybridized carbons (Fsp3) is 0.409. The molecule has 0 radical (unpaired) electrons. The highest BCUT2D eigenvalue weighted by Crippen LogP contribution is 2.28. The van der Waals surface area contributed by atoms with Gasteiger partial charge in [0.05, 0.1) is 17.7 Å². The number of sulfonamides is 1. The van der Waals surface area contributed by atoms with E-state index in [1.165, 1.54) is 4.31 Å². The van der Waals surface area contributed by atoms with Gasteiger partial charge >= 0.3 is 0 Å². The molecule has 0 atom stereocenters. The summed E-state index contributed by atoms with van der Waals surface area (Å²) < 4.78 is 32.6. The zero-order chi connectivity index (χ0) is 21.0. The van der Waals surface area contributed by atoms with Crippen molar-refractivity contribution in [2.45, 2.75) is 37.5 Å². The van der Waals surface area contributed by atoms with Crippen molar-refractivity contribution in [3.05, 3.63) is 54.1 Å². The van der Waals surface area contributed by atoms with Crippen LogP contribution in [0.4, 0.5) is 5.69 Å². The maximum Gasteiger partial charge on any atom is 0.243 e. The molecular formula is C22H28N2O4S. The number of amides is 1. The van der Waals surface area contributed by atoms with Gasteiger partial charge in [-0.25, -0.2) is 8.42 Å². The van der Waals surface area contributed by atoms with Crippen LogP contribution in [0.3, 0.4) is 0 Å². The van der Waals surface area contributed by atoms with Gasteiger partial charge in [-0.3, -0.25) is 4.79 Å². The number of rotatable bonds is 6. The molecule has 2 aromatic rings. The van der Waals surface area contributed by atoms with E-state index in [4.69, 9.17) is 4.74 Å². The topological polar surface area (TPSA) is 75.7 Å². The number of anilines is 1. The van der Waals surface area contributed by atoms with E-state index < -0.39 is 10.0 Å². The molecule has 1 aliphatic rings. The average Bonchev–Trinajstić information content (AvgIpc) is 2.74. The highest BCUT2D eigenvalue weighted by molar-refractivity contribution is 7.89. The third kappa shape index (κ3) is 4.79. The lowest BCUT2D eigenvalue weighted by molar-refractivity contribution is -0.120. The first-order chi connectivity index (χ1) is 13.8. The first-order valence-electron chi connectivity index (χ1n) is 9.87. The van der Waals surface area contributed by atoms with Crippen LogP contribution in [0, 0.1) is 5.92 Å². The molecule has 3 rings (SSSR count). The van der Waals surface area contributed by atoms with Gasteiger partial charge in [-0.1, -0.05) is 38.1 Å². The number of nitrogens with zero attached hydrogens (tertiary/aromatic N) is 1. The van der Waals surface area contributed by atoms with Gasteiger partial charge in [-0.15, -0.1) is 0 Å². The van der Waals surface area contributed by atoms with E-state index in [1.807, 2.05) is 24.3 Å². The molecule has 156 valence electrons. The summed E-state index contributed by atoms with van der Waals surface area (Å²) in [6.07, 6.45) is 0.981. The quantitative estimate of drug-likeness (QED) is 0.776. The number of piperidine rings is 1. The summed E-state index contributed by atoms with van der Waals surface area (Å²) in [5, 5.41) is 2.90. The summed E-state index contributed by atoms with van der Waals surface area (Å²) in [6, 6.07) is 14.3. The van der Waals surface area contributed by atoms with E-state index in [-0.39, 0.29) is 11.8 Å². The zero-order valence-corrected chi connectivity index (χ0v) is 17.9. The highest BCUT2D eigenvalue weighted by atomic mass is 32.2. The van der Waals surface area contributed by atoms with Gasteiger partial charge in [0.1, 0.15) is 5.75 Å². The van der Waals surface area contributed by atoms with Gasteiger partial charge in [0.25, 0.3) is 0 Å². The van der Waals surface area contributed by atoms with Gasteiger partial charge in [0, 0.05) is 19.0 Å². The Balaban J connectivity index is 1.62. The minimum absolute atomic E-state index is 0.104. The third-order valence-electron chi connectivity index (χ3n) is 5.37. The van der Waals surface area contributed by atoms with Crippen LogP contribution in [0.2, 0.25) is 0 Å². The zero-order valence-electron chi connectivity index (χ0n) is 17.1. The maximum absolute atomic E-state index is 12.9. The van der Waals surface area contributed by atoms with Gasteiger partial charge in [-0.2, -0.15) is 4.31 Å². The van der Waals surface area contributed by atoms with Crippen LogP contribution in [0.5, 0.6) is 5.75 Å². The van der Waals surface area contributed by atoms with Crippen LogP contribution >= 0.6 is 0 Å². The van der Waals surface area contributed by atoms with E-state index >= 15 is 0 Å². The third-order valence-corrected chi connectivity index (χ3v) is 7.29. The lowest BCUT2D eigenvalue weighted by Gasteiger charge is -2.30. The Kier molecular flexibility index (Phi) is 6.59. The molecule has 6 nitrogen and oxygen atoms in total. The van der Waals surface area contributed by atoms with Crippen molar-refractivity contribution >= 4 is 21.6 Å². The number of ether oxygens (including phenoxy) is 1. The molecule has 0 bridgehead atoms. The number of methoxy groups -OCH3 is 1. The summed E-state index contributed by atoms with van der Waals surface area (Å²) in [5.74, 6) is 0.623. The smallest absolute Gasteiger partial charge is 0.243 e. The minimum Gasteiger partial charge on any atom is -0.495 e. The van der Waals surface area contributed by atoms with Crippen LogP contribution < -0.4 is 10.1 Å². The highest BCUT2D eigenvalue weighted by Gasteiger charge is 2.32. The van der Waals surface area contributed by atoms with Crippen molar-refractivity contribution < 1.29 is 17.9 Å². The summed E-state index contributed by atoms with van der Waals surface area (Å²) in [4.78, 5) is 12.9. The van der Waals surface area contributed by atoms with Gasteiger partial charge in [0.15, 0.2) is 0 Å². The fourth-order valence-corrected chi connectivity index (χ4v) is 4.98. The number of benzene rings is 2. The molecule has 1 N–H and O–H groups in total. The van der Waals surface area contributed by atoms with Gasteiger partial charge < -0.3 is 10.1 Å². The van der Waals surface area contributed by atoms with Crippen LogP contribution in [0.15, 0.2) is 53.4 Å². The van der Waals surface area contributed by atoms with Crippen molar-refractivity contribution in [2.24, 2.45) is 5.92 Å². The molecule has 1 heterocycles. The van der Waals surface area contributed by atoms with Gasteiger partial charge in [0.2, 0.25) is 15.9 Å². The van der Waals surface area contributed by atoms with Crippen molar-refractivity contribution in [3.63, 3.8) is 0 Å². The minimum atomic E-state index is -3.54. The molecule has 7 heteroatoms. The Morgan fingerprint density at radius 2 is 1.69 bits per heavy atom. The molecule has 0 unspecified atom stereocenters. The monoisotopic (exact) mass is 416 g/mol. The van der Waals surface area contributed by atoms with E-state index in [0.29, 0.717) is 48.2 Å². The number of hydrogen-bond donors (Lipinski definition) is 1. The molecule has 1 fully saturated rings. The Morgan fingerprint density at radius 3 is 2.28 bits per heavy atom. The first kappa shape index (κ1) is 21.3. The SMILES string of the molecule is COc1ccccc1NC(=O)C1CCN(S(=O)(=O)c2ccc(C(C)C)cc2)CC1. The maximum atomic E-state index is 12.9.